The number of fused-ring (bicyclic) bond motifs is 1. The van der Waals surface area contributed by atoms with E-state index in [4.69, 9.17) is 9.90 Å². The molecule has 4 aromatic rings. The van der Waals surface area contributed by atoms with Crippen LogP contribution in [-0.4, -0.2) is 55.3 Å². The van der Waals surface area contributed by atoms with Crippen molar-refractivity contribution >= 4 is 23.3 Å². The monoisotopic (exact) mass is 645 g/mol. The van der Waals surface area contributed by atoms with Gasteiger partial charge in [-0.1, -0.05) is 0 Å². The highest BCUT2D eigenvalue weighted by Gasteiger charge is 2.38. The third-order valence-corrected chi connectivity index (χ3v) is 6.23. The predicted octanol–water partition coefficient (Wildman–Crippen LogP) is 6.35. The van der Waals surface area contributed by atoms with Crippen LogP contribution in [0.2, 0.25) is 0 Å². The Morgan fingerprint density at radius 1 is 0.822 bits per heavy atom. The van der Waals surface area contributed by atoms with Crippen LogP contribution >= 0.6 is 0 Å². The smallest absolute Gasteiger partial charge is 0.475 e. The first-order valence-electron chi connectivity index (χ1n) is 12.7. The van der Waals surface area contributed by atoms with E-state index in [2.05, 4.69) is 30.2 Å². The van der Waals surface area contributed by atoms with Crippen molar-refractivity contribution in [3.8, 4) is 11.4 Å². The van der Waals surface area contributed by atoms with Crippen LogP contribution in [0.4, 0.5) is 56.8 Å². The van der Waals surface area contributed by atoms with Crippen molar-refractivity contribution in [1.82, 2.24) is 24.9 Å². The molecular weight excluding hydrogens is 625 g/mol. The molecule has 18 heteroatoms. The summed E-state index contributed by atoms with van der Waals surface area (Å²) in [4.78, 5) is 31.2. The van der Waals surface area contributed by atoms with Crippen molar-refractivity contribution in [2.45, 2.75) is 31.4 Å². The number of carboxylic acid groups (broad SMARTS) is 1. The molecule has 0 bridgehead atoms. The van der Waals surface area contributed by atoms with E-state index in [0.29, 0.717) is 34.9 Å². The van der Waals surface area contributed by atoms with E-state index in [0.717, 1.165) is 18.3 Å². The van der Waals surface area contributed by atoms with E-state index in [1.165, 1.54) is 18.3 Å². The fourth-order valence-corrected chi connectivity index (χ4v) is 4.19. The molecule has 9 nitrogen and oxygen atoms in total. The zero-order chi connectivity index (χ0) is 33.0. The molecule has 0 amide bonds. The number of hydrogen-bond donors (Lipinski definition) is 2. The maximum absolute atomic E-state index is 13.6. The topological polar surface area (TPSA) is 117 Å². The summed E-state index contributed by atoms with van der Waals surface area (Å²) in [6, 6.07) is 7.74. The number of anilines is 3. The van der Waals surface area contributed by atoms with Crippen LogP contribution in [0.1, 0.15) is 22.5 Å². The zero-order valence-corrected chi connectivity index (χ0v) is 22.5. The Hall–Kier alpha value is -5.03. The number of nitrogens with one attached hydrogen (secondary N) is 1. The highest BCUT2D eigenvalue weighted by molar-refractivity contribution is 5.73. The Balaban J connectivity index is 0.000000591. The van der Waals surface area contributed by atoms with Gasteiger partial charge in [0.05, 0.1) is 23.1 Å². The number of aliphatic carboxylic acids is 1. The number of hydrogen-bond acceptors (Lipinski definition) is 8. The van der Waals surface area contributed by atoms with E-state index in [1.54, 1.807) is 29.4 Å². The van der Waals surface area contributed by atoms with Crippen LogP contribution in [0.25, 0.3) is 11.4 Å². The molecule has 5 rings (SSSR count). The van der Waals surface area contributed by atoms with Crippen LogP contribution < -0.4 is 10.2 Å². The molecule has 1 aliphatic heterocycles. The minimum Gasteiger partial charge on any atom is -0.475 e. The van der Waals surface area contributed by atoms with Crippen LogP contribution in [0.15, 0.2) is 61.2 Å². The average Bonchev–Trinajstić information content (AvgIpc) is 3.20. The van der Waals surface area contributed by atoms with Crippen LogP contribution in [0.5, 0.6) is 0 Å². The lowest BCUT2D eigenvalue weighted by Gasteiger charge is -2.24. The summed E-state index contributed by atoms with van der Waals surface area (Å²) in [5.41, 5.74) is 0.319. The number of alkyl halides is 9. The van der Waals surface area contributed by atoms with Gasteiger partial charge in [0, 0.05) is 49.2 Å². The molecule has 0 spiro atoms. The minimum atomic E-state index is -5.08. The lowest BCUT2D eigenvalue weighted by molar-refractivity contribution is -0.192. The Kier molecular flexibility index (Phi) is 9.43. The van der Waals surface area contributed by atoms with Crippen molar-refractivity contribution in [3.63, 3.8) is 0 Å². The highest BCUT2D eigenvalue weighted by atomic mass is 19.4. The van der Waals surface area contributed by atoms with E-state index in [9.17, 15) is 39.5 Å². The molecule has 4 aromatic heterocycles. The van der Waals surface area contributed by atoms with Crippen LogP contribution in [0.3, 0.4) is 0 Å². The summed E-state index contributed by atoms with van der Waals surface area (Å²) in [6.45, 7) is 0.423. The molecule has 5 heterocycles. The van der Waals surface area contributed by atoms with Crippen molar-refractivity contribution in [2.24, 2.45) is 0 Å². The van der Waals surface area contributed by atoms with Crippen molar-refractivity contribution in [2.75, 3.05) is 23.3 Å². The Labute approximate surface area is 247 Å². The van der Waals surface area contributed by atoms with Gasteiger partial charge in [-0.15, -0.1) is 0 Å². The first-order chi connectivity index (χ1) is 21.0. The molecule has 0 saturated heterocycles. The summed E-state index contributed by atoms with van der Waals surface area (Å²) >= 11 is 0. The number of carboxylic acids is 1. The van der Waals surface area contributed by atoms with Crippen LogP contribution in [-0.2, 0) is 30.0 Å². The molecule has 0 fully saturated rings. The Bertz CT molecular complexity index is 1630. The molecule has 2 N–H and O–H groups in total. The summed E-state index contributed by atoms with van der Waals surface area (Å²) in [5.74, 6) is -2.25. The molecule has 0 radical (unpaired) electrons. The van der Waals surface area contributed by atoms with Crippen molar-refractivity contribution < 1.29 is 49.4 Å². The van der Waals surface area contributed by atoms with Gasteiger partial charge in [0.25, 0.3) is 0 Å². The number of halogens is 9. The maximum atomic E-state index is 13.6. The van der Waals surface area contributed by atoms with Gasteiger partial charge < -0.3 is 15.3 Å². The molecular formula is C27H20F9N7O2. The van der Waals surface area contributed by atoms with E-state index < -0.39 is 35.8 Å². The minimum absolute atomic E-state index is 0.170. The van der Waals surface area contributed by atoms with Gasteiger partial charge in [-0.3, -0.25) is 4.98 Å². The standard InChI is InChI=1S/C25H19F6N7.C2HF3O2/c26-24(27,28)18-2-1-9-33-23(18)38-12-7-17-19(8-13-38)36-21(15-5-10-32-11-6-15)37-22(17)35-16-3-4-20(34-14-16)25(29,30)31;3-2(4,5)1(6)7/h1-6,9-11,14H,7-8,12-13H2,(H,35,36,37);(H,6,7). The van der Waals surface area contributed by atoms with Gasteiger partial charge in [-0.2, -0.15) is 39.5 Å². The predicted molar refractivity (Wildman–Crippen MR) is 140 cm³/mol. The third-order valence-electron chi connectivity index (χ3n) is 6.23. The number of carbonyl (C=O) groups is 1. The van der Waals surface area contributed by atoms with E-state index in [1.807, 2.05) is 0 Å². The number of pyridine rings is 3. The normalized spacial score (nSPS) is 13.7. The van der Waals surface area contributed by atoms with Gasteiger partial charge in [0.2, 0.25) is 0 Å². The lowest BCUT2D eigenvalue weighted by Crippen LogP contribution is -2.29. The number of rotatable bonds is 4. The molecule has 0 aromatic carbocycles. The fourth-order valence-electron chi connectivity index (χ4n) is 4.19. The van der Waals surface area contributed by atoms with Gasteiger partial charge in [-0.05, 0) is 42.8 Å². The second kappa shape index (κ2) is 12.9. The highest BCUT2D eigenvalue weighted by Crippen LogP contribution is 2.37. The van der Waals surface area contributed by atoms with Crippen LogP contribution in [0, 0.1) is 0 Å². The molecule has 238 valence electrons. The first-order valence-corrected chi connectivity index (χ1v) is 12.7. The maximum Gasteiger partial charge on any atom is 0.490 e. The van der Waals surface area contributed by atoms with Gasteiger partial charge >= 0.3 is 24.5 Å². The van der Waals surface area contributed by atoms with Gasteiger partial charge in [0.1, 0.15) is 17.3 Å². The zero-order valence-electron chi connectivity index (χ0n) is 22.5. The first kappa shape index (κ1) is 32.9. The lowest BCUT2D eigenvalue weighted by atomic mass is 10.1. The third kappa shape index (κ3) is 8.33. The summed E-state index contributed by atoms with van der Waals surface area (Å²) in [7, 11) is 0. The summed E-state index contributed by atoms with van der Waals surface area (Å²) in [6.07, 6.45) is -8.16. The summed E-state index contributed by atoms with van der Waals surface area (Å²) < 4.78 is 111. The SMILES string of the molecule is FC(F)(F)c1ccc(Nc2nc(-c3ccncc3)nc3c2CCN(c2ncccc2C(F)(F)F)CC3)cn1.O=C(O)C(F)(F)F. The second-order valence-corrected chi connectivity index (χ2v) is 9.27. The van der Waals surface area contributed by atoms with Crippen molar-refractivity contribution in [3.05, 3.63) is 83.7 Å². The molecule has 0 atom stereocenters. The largest absolute Gasteiger partial charge is 0.490 e. The quantitative estimate of drug-likeness (QED) is 0.245. The molecule has 0 unspecified atom stereocenters. The van der Waals surface area contributed by atoms with Gasteiger partial charge in [-0.25, -0.2) is 24.7 Å². The number of nitrogens with zero attached hydrogens (tertiary/aromatic N) is 6. The van der Waals surface area contributed by atoms with E-state index >= 15 is 0 Å². The molecule has 0 saturated carbocycles. The number of aromatic nitrogens is 5. The second-order valence-electron chi connectivity index (χ2n) is 9.27. The van der Waals surface area contributed by atoms with E-state index in [-0.39, 0.29) is 31.0 Å². The fraction of sp³-hybridized carbons (Fsp3) is 0.259. The average molecular weight is 645 g/mol. The molecule has 1 aliphatic rings. The Morgan fingerprint density at radius 3 is 2.07 bits per heavy atom. The van der Waals surface area contributed by atoms with Crippen molar-refractivity contribution in [1.29, 1.82) is 0 Å². The Morgan fingerprint density at radius 2 is 1.49 bits per heavy atom. The summed E-state index contributed by atoms with van der Waals surface area (Å²) in [5, 5.41) is 10.2. The van der Waals surface area contributed by atoms with Gasteiger partial charge in [0.15, 0.2) is 5.82 Å². The molecule has 0 aliphatic carbocycles. The molecule has 45 heavy (non-hydrogen) atoms.